The number of para-hydroxylation sites is 2. The fraction of sp³-hybridized carbons (Fsp3) is 0. The minimum atomic E-state index is 0. The number of rotatable bonds is 6. The van der Waals surface area contributed by atoms with Gasteiger partial charge in [0.15, 0.2) is 0 Å². The molecular formula is C26H22N8NiS2. The minimum Gasteiger partial charge on any atom is -0.596 e. The molecule has 4 rings (SSSR count). The monoisotopic (exact) mass is 568 g/mol. The Bertz CT molecular complexity index is 1160. The molecule has 2 N–H and O–H groups in total. The van der Waals surface area contributed by atoms with Crippen LogP contribution >= 0.6 is 24.4 Å². The summed E-state index contributed by atoms with van der Waals surface area (Å²) in [6.45, 7) is 0. The molecular weight excluding hydrogens is 547 g/mol. The second-order valence-corrected chi connectivity index (χ2v) is 7.57. The molecule has 0 radical (unpaired) electrons. The van der Waals surface area contributed by atoms with E-state index >= 15 is 0 Å². The third-order valence-electron chi connectivity index (χ3n) is 4.10. The predicted octanol–water partition coefficient (Wildman–Crippen LogP) is 8.53. The zero-order valence-corrected chi connectivity index (χ0v) is 22.0. The predicted molar refractivity (Wildman–Crippen MR) is 152 cm³/mol. The van der Waals surface area contributed by atoms with Gasteiger partial charge in [0.05, 0.1) is 11.4 Å². The molecule has 4 aromatic carbocycles. The summed E-state index contributed by atoms with van der Waals surface area (Å²) in [6, 6.07) is 37.7. The Labute approximate surface area is 236 Å². The third kappa shape index (κ3) is 12.5. The zero-order valence-electron chi connectivity index (χ0n) is 19.4. The number of nitrogens with zero attached hydrogens (tertiary/aromatic N) is 6. The van der Waals surface area contributed by atoms with E-state index in [2.05, 4.69) is 42.2 Å². The average molecular weight is 569 g/mol. The summed E-state index contributed by atoms with van der Waals surface area (Å²) in [6.07, 6.45) is 0. The first-order valence-electron chi connectivity index (χ1n) is 10.7. The van der Waals surface area contributed by atoms with E-state index in [1.54, 1.807) is 0 Å². The fourth-order valence-corrected chi connectivity index (χ4v) is 2.64. The van der Waals surface area contributed by atoms with Gasteiger partial charge in [0.25, 0.3) is 0 Å². The Morgan fingerprint density at radius 1 is 0.486 bits per heavy atom. The number of hydrogen-bond donors (Lipinski definition) is 2. The van der Waals surface area contributed by atoms with Crippen molar-refractivity contribution in [3.05, 3.63) is 132 Å². The molecule has 0 heterocycles. The van der Waals surface area contributed by atoms with Crippen LogP contribution in [0.15, 0.2) is 142 Å². The topological polar surface area (TPSA) is 102 Å². The van der Waals surface area contributed by atoms with E-state index in [1.807, 2.05) is 121 Å². The van der Waals surface area contributed by atoms with Crippen LogP contribution in [0.5, 0.6) is 0 Å². The van der Waals surface area contributed by atoms with E-state index < -0.39 is 0 Å². The Morgan fingerprint density at radius 2 is 0.784 bits per heavy atom. The Morgan fingerprint density at radius 3 is 1.11 bits per heavy atom. The number of azo groups is 2. The molecule has 8 nitrogen and oxygen atoms in total. The maximum absolute atomic E-state index is 4.99. The minimum absolute atomic E-state index is 0. The smallest absolute Gasteiger partial charge is 0.596 e. The van der Waals surface area contributed by atoms with Gasteiger partial charge >= 0.3 is 16.5 Å². The van der Waals surface area contributed by atoms with E-state index in [4.69, 9.17) is 24.4 Å². The van der Waals surface area contributed by atoms with Gasteiger partial charge in [-0.05, 0) is 48.7 Å². The first-order valence-corrected chi connectivity index (χ1v) is 11.6. The van der Waals surface area contributed by atoms with Gasteiger partial charge in [-0.3, -0.25) is 0 Å². The first kappa shape index (κ1) is 29.2. The van der Waals surface area contributed by atoms with Crippen molar-refractivity contribution in [3.63, 3.8) is 0 Å². The normalized spacial score (nSPS) is 9.95. The third-order valence-corrected chi connectivity index (χ3v) is 4.44. The van der Waals surface area contributed by atoms with Gasteiger partial charge in [-0.2, -0.15) is 0 Å². The van der Waals surface area contributed by atoms with Crippen molar-refractivity contribution in [1.29, 1.82) is 0 Å². The Kier molecular flexibility index (Phi) is 13.7. The van der Waals surface area contributed by atoms with Gasteiger partial charge in [0.1, 0.15) is 0 Å². The first-order chi connectivity index (χ1) is 17.7. The molecule has 4 aromatic rings. The molecule has 0 aliphatic heterocycles. The zero-order chi connectivity index (χ0) is 25.3. The van der Waals surface area contributed by atoms with Crippen LogP contribution in [0.3, 0.4) is 0 Å². The fourth-order valence-electron chi connectivity index (χ4n) is 2.47. The molecule has 11 heteroatoms. The summed E-state index contributed by atoms with van der Waals surface area (Å²) in [5.74, 6) is 0. The maximum Gasteiger partial charge on any atom is 2.00 e. The molecule has 0 spiro atoms. The summed E-state index contributed by atoms with van der Waals surface area (Å²) >= 11 is 9.97. The van der Waals surface area contributed by atoms with Crippen LogP contribution in [0, 0.1) is 0 Å². The summed E-state index contributed by atoms with van der Waals surface area (Å²) in [7, 11) is 0. The van der Waals surface area contributed by atoms with Crippen molar-refractivity contribution in [1.82, 2.24) is 10.9 Å². The summed E-state index contributed by atoms with van der Waals surface area (Å²) < 4.78 is 0. The van der Waals surface area contributed by atoms with Crippen molar-refractivity contribution in [2.75, 3.05) is 0 Å². The van der Waals surface area contributed by atoms with E-state index in [1.165, 1.54) is 0 Å². The summed E-state index contributed by atoms with van der Waals surface area (Å²) in [4.78, 5) is 0. The molecule has 0 atom stereocenters. The molecule has 0 amide bonds. The molecule has 0 fully saturated rings. The van der Waals surface area contributed by atoms with Crippen molar-refractivity contribution in [3.8, 4) is 0 Å². The molecule has 0 aliphatic carbocycles. The molecule has 0 unspecified atom stereocenters. The molecule has 0 bridgehead atoms. The molecule has 0 aliphatic rings. The molecule has 0 saturated carbocycles. The number of nitrogens with one attached hydrogen (secondary N) is 2. The molecule has 0 aromatic heterocycles. The SMILES string of the molecule is S=C(N=Nc1ccccc1)N[N-]c1ccccc1.S=C(N=Nc1ccccc1)N[N-]c1ccccc1.[Ni+2]. The van der Waals surface area contributed by atoms with Crippen LogP contribution in [0.1, 0.15) is 0 Å². The van der Waals surface area contributed by atoms with Crippen molar-refractivity contribution >= 4 is 57.4 Å². The van der Waals surface area contributed by atoms with Crippen molar-refractivity contribution in [2.24, 2.45) is 20.5 Å². The van der Waals surface area contributed by atoms with E-state index in [9.17, 15) is 0 Å². The van der Waals surface area contributed by atoms with E-state index in [0.717, 1.165) is 22.7 Å². The average Bonchev–Trinajstić information content (AvgIpc) is 2.95. The van der Waals surface area contributed by atoms with Gasteiger partial charge in [-0.1, -0.05) is 97.1 Å². The van der Waals surface area contributed by atoms with Crippen LogP contribution < -0.4 is 10.9 Å². The van der Waals surface area contributed by atoms with E-state index in [-0.39, 0.29) is 26.7 Å². The molecule has 0 saturated heterocycles. The van der Waals surface area contributed by atoms with Crippen LogP contribution in [0.25, 0.3) is 10.9 Å². The van der Waals surface area contributed by atoms with Gasteiger partial charge in [-0.15, -0.1) is 31.8 Å². The second kappa shape index (κ2) is 17.4. The summed E-state index contributed by atoms with van der Waals surface area (Å²) in [5.41, 5.74) is 16.6. The van der Waals surface area contributed by atoms with E-state index in [0.29, 0.717) is 0 Å². The van der Waals surface area contributed by atoms with Crippen LogP contribution in [0.4, 0.5) is 22.7 Å². The largest absolute Gasteiger partial charge is 2.00 e. The standard InChI is InChI=1S/2C13H12N4S.Ni/c2*18-13(16-14-11-7-3-1-4-8-11)17-15-12-9-5-2-6-10-12;/h2*1-10H,(H2,14,15,16,17,18);/q;;+2/p-2. The number of benzene rings is 4. The van der Waals surface area contributed by atoms with Gasteiger partial charge < -0.3 is 21.7 Å². The van der Waals surface area contributed by atoms with Crippen molar-refractivity contribution in [2.45, 2.75) is 0 Å². The van der Waals surface area contributed by atoms with Crippen molar-refractivity contribution < 1.29 is 16.5 Å². The van der Waals surface area contributed by atoms with Crippen LogP contribution in [-0.2, 0) is 16.5 Å². The Hall–Kier alpha value is -4.05. The van der Waals surface area contributed by atoms with Crippen LogP contribution in [-0.4, -0.2) is 10.2 Å². The number of thiocarbonyl (C=S) groups is 2. The Balaban J connectivity index is 0.000000253. The summed E-state index contributed by atoms with van der Waals surface area (Å²) in [5, 5.41) is 16.1. The number of hydrogen-bond acceptors (Lipinski definition) is 4. The molecule has 37 heavy (non-hydrogen) atoms. The molecule has 188 valence electrons. The quantitative estimate of drug-likeness (QED) is 0.105. The second-order valence-electron chi connectivity index (χ2n) is 6.80. The van der Waals surface area contributed by atoms with Crippen LogP contribution in [0.2, 0.25) is 0 Å². The van der Waals surface area contributed by atoms with Gasteiger partial charge in [0, 0.05) is 0 Å². The van der Waals surface area contributed by atoms with Gasteiger partial charge in [-0.25, -0.2) is 0 Å². The van der Waals surface area contributed by atoms with Gasteiger partial charge in [0.2, 0.25) is 10.2 Å². The maximum atomic E-state index is 4.99.